The molecule has 1 aliphatic rings. The van der Waals surface area contributed by atoms with Gasteiger partial charge in [0.1, 0.15) is 5.82 Å². The highest BCUT2D eigenvalue weighted by atomic mass is 16.5. The van der Waals surface area contributed by atoms with Crippen LogP contribution in [0, 0.1) is 13.8 Å². The predicted octanol–water partition coefficient (Wildman–Crippen LogP) is 3.03. The fourth-order valence-corrected chi connectivity index (χ4v) is 3.60. The molecule has 3 rings (SSSR count). The average molecular weight is 331 g/mol. The maximum atomic E-state index is 5.18. The molecule has 0 saturated heterocycles. The molecule has 0 aromatic carbocycles. The third kappa shape index (κ3) is 4.04. The summed E-state index contributed by atoms with van der Waals surface area (Å²) in [6.45, 7) is 5.67. The monoisotopic (exact) mass is 331 g/mol. The summed E-state index contributed by atoms with van der Waals surface area (Å²) in [5.74, 6) is 2.01. The van der Waals surface area contributed by atoms with E-state index in [1.807, 2.05) is 6.92 Å². The highest BCUT2D eigenvalue weighted by Gasteiger charge is 2.21. The van der Waals surface area contributed by atoms with Crippen molar-refractivity contribution in [1.82, 2.24) is 24.5 Å². The lowest BCUT2D eigenvalue weighted by atomic mass is 9.95. The van der Waals surface area contributed by atoms with Gasteiger partial charge in [-0.05, 0) is 32.8 Å². The van der Waals surface area contributed by atoms with Crippen molar-refractivity contribution in [3.05, 3.63) is 29.1 Å². The molecule has 2 heterocycles. The Labute approximate surface area is 144 Å². The molecular weight excluding hydrogens is 302 g/mol. The van der Waals surface area contributed by atoms with Crippen LogP contribution in [0.15, 0.2) is 6.07 Å². The second kappa shape index (κ2) is 7.92. The highest BCUT2D eigenvalue weighted by Crippen LogP contribution is 2.28. The van der Waals surface area contributed by atoms with Gasteiger partial charge in [0.25, 0.3) is 0 Å². The number of methoxy groups -OCH3 is 1. The Kier molecular flexibility index (Phi) is 5.66. The van der Waals surface area contributed by atoms with E-state index in [0.717, 1.165) is 36.7 Å². The van der Waals surface area contributed by atoms with E-state index in [-0.39, 0.29) is 0 Å². The van der Waals surface area contributed by atoms with Gasteiger partial charge >= 0.3 is 0 Å². The van der Waals surface area contributed by atoms with Crippen LogP contribution >= 0.6 is 0 Å². The van der Waals surface area contributed by atoms with Gasteiger partial charge in [0.15, 0.2) is 5.82 Å². The molecule has 2 aromatic heterocycles. The first-order valence-corrected chi connectivity index (χ1v) is 9.11. The molecule has 0 spiro atoms. The molecule has 6 heteroatoms. The van der Waals surface area contributed by atoms with Gasteiger partial charge in [0.2, 0.25) is 0 Å². The minimum atomic E-state index is 0.512. The van der Waals surface area contributed by atoms with Crippen LogP contribution in [0.5, 0.6) is 0 Å². The summed E-state index contributed by atoms with van der Waals surface area (Å²) < 4.78 is 9.46. The molecule has 1 saturated carbocycles. The number of hydrogen-bond acceptors (Lipinski definition) is 4. The summed E-state index contributed by atoms with van der Waals surface area (Å²) in [5.41, 5.74) is 2.28. The normalized spacial score (nSPS) is 16.0. The quantitative estimate of drug-likeness (QED) is 0.782. The Bertz CT molecular complexity index is 654. The third-order valence-electron chi connectivity index (χ3n) is 4.85. The Balaban J connectivity index is 1.75. The molecule has 24 heavy (non-hydrogen) atoms. The SMILES string of the molecule is COCCc1nc(CCn2nc(C)cc2C)n(C2CCCCC2)n1. The van der Waals surface area contributed by atoms with Crippen molar-refractivity contribution in [3.8, 4) is 0 Å². The Morgan fingerprint density at radius 3 is 2.58 bits per heavy atom. The molecule has 0 radical (unpaired) electrons. The van der Waals surface area contributed by atoms with E-state index in [0.29, 0.717) is 12.6 Å². The predicted molar refractivity (Wildman–Crippen MR) is 93.1 cm³/mol. The third-order valence-corrected chi connectivity index (χ3v) is 4.85. The Hall–Kier alpha value is -1.69. The molecule has 2 aromatic rings. The van der Waals surface area contributed by atoms with Crippen LogP contribution in [0.25, 0.3) is 0 Å². The number of rotatable bonds is 7. The number of nitrogens with zero attached hydrogens (tertiary/aromatic N) is 5. The van der Waals surface area contributed by atoms with Crippen LogP contribution in [0.1, 0.15) is 61.2 Å². The number of aryl methyl sites for hydroxylation is 4. The number of ether oxygens (including phenoxy) is 1. The molecule has 0 amide bonds. The molecular formula is C18H29N5O. The standard InChI is InChI=1S/C18H29N5O/c1-14-13-15(2)22(20-14)11-9-18-19-17(10-12-24-3)21-23(18)16-7-5-4-6-8-16/h13,16H,4-12H2,1-3H3. The van der Waals surface area contributed by atoms with Gasteiger partial charge < -0.3 is 4.74 Å². The Morgan fingerprint density at radius 1 is 1.12 bits per heavy atom. The fraction of sp³-hybridized carbons (Fsp3) is 0.722. The van der Waals surface area contributed by atoms with Gasteiger partial charge in [-0.25, -0.2) is 9.67 Å². The molecule has 0 unspecified atom stereocenters. The van der Waals surface area contributed by atoms with E-state index >= 15 is 0 Å². The number of aromatic nitrogens is 5. The van der Waals surface area contributed by atoms with E-state index in [1.165, 1.54) is 37.8 Å². The first kappa shape index (κ1) is 17.1. The molecule has 0 atom stereocenters. The lowest BCUT2D eigenvalue weighted by Gasteiger charge is -2.23. The lowest BCUT2D eigenvalue weighted by molar-refractivity contribution is 0.200. The van der Waals surface area contributed by atoms with E-state index in [4.69, 9.17) is 14.8 Å². The summed E-state index contributed by atoms with van der Waals surface area (Å²) in [7, 11) is 1.72. The summed E-state index contributed by atoms with van der Waals surface area (Å²) >= 11 is 0. The second-order valence-electron chi connectivity index (χ2n) is 6.82. The summed E-state index contributed by atoms with van der Waals surface area (Å²) in [5, 5.41) is 9.37. The highest BCUT2D eigenvalue weighted by molar-refractivity contribution is 5.07. The van der Waals surface area contributed by atoms with Gasteiger partial charge in [0, 0.05) is 32.2 Å². The summed E-state index contributed by atoms with van der Waals surface area (Å²) in [6, 6.07) is 2.63. The Morgan fingerprint density at radius 2 is 1.92 bits per heavy atom. The maximum Gasteiger partial charge on any atom is 0.153 e. The molecule has 1 aliphatic carbocycles. The first-order valence-electron chi connectivity index (χ1n) is 9.11. The molecule has 0 bridgehead atoms. The smallest absolute Gasteiger partial charge is 0.153 e. The topological polar surface area (TPSA) is 57.8 Å². The van der Waals surface area contributed by atoms with Crippen molar-refractivity contribution in [2.75, 3.05) is 13.7 Å². The van der Waals surface area contributed by atoms with Gasteiger partial charge in [0.05, 0.1) is 18.3 Å². The number of hydrogen-bond donors (Lipinski definition) is 0. The molecule has 6 nitrogen and oxygen atoms in total. The van der Waals surface area contributed by atoms with Crippen LogP contribution in [-0.2, 0) is 24.1 Å². The minimum absolute atomic E-state index is 0.512. The summed E-state index contributed by atoms with van der Waals surface area (Å²) in [6.07, 6.45) is 8.05. The van der Waals surface area contributed by atoms with E-state index < -0.39 is 0 Å². The molecule has 1 fully saturated rings. The zero-order valence-corrected chi connectivity index (χ0v) is 15.2. The van der Waals surface area contributed by atoms with E-state index in [9.17, 15) is 0 Å². The maximum absolute atomic E-state index is 5.18. The zero-order valence-electron chi connectivity index (χ0n) is 15.2. The second-order valence-corrected chi connectivity index (χ2v) is 6.82. The van der Waals surface area contributed by atoms with Crippen LogP contribution < -0.4 is 0 Å². The molecule has 132 valence electrons. The van der Waals surface area contributed by atoms with Gasteiger partial charge in [-0.3, -0.25) is 4.68 Å². The fourth-order valence-electron chi connectivity index (χ4n) is 3.60. The van der Waals surface area contributed by atoms with Gasteiger partial charge in [-0.15, -0.1) is 0 Å². The average Bonchev–Trinajstić information content (AvgIpc) is 3.14. The van der Waals surface area contributed by atoms with Crippen molar-refractivity contribution in [3.63, 3.8) is 0 Å². The van der Waals surface area contributed by atoms with Crippen molar-refractivity contribution in [2.45, 2.75) is 71.4 Å². The molecule has 0 aliphatic heterocycles. The lowest BCUT2D eigenvalue weighted by Crippen LogP contribution is -2.18. The largest absolute Gasteiger partial charge is 0.384 e. The van der Waals surface area contributed by atoms with Gasteiger partial charge in [-0.2, -0.15) is 10.2 Å². The summed E-state index contributed by atoms with van der Waals surface area (Å²) in [4.78, 5) is 4.81. The van der Waals surface area contributed by atoms with Crippen LogP contribution in [-0.4, -0.2) is 38.3 Å². The molecule has 0 N–H and O–H groups in total. The van der Waals surface area contributed by atoms with Crippen molar-refractivity contribution >= 4 is 0 Å². The van der Waals surface area contributed by atoms with Gasteiger partial charge in [-0.1, -0.05) is 19.3 Å². The van der Waals surface area contributed by atoms with E-state index in [1.54, 1.807) is 7.11 Å². The first-order chi connectivity index (χ1) is 11.7. The van der Waals surface area contributed by atoms with Crippen molar-refractivity contribution in [1.29, 1.82) is 0 Å². The minimum Gasteiger partial charge on any atom is -0.384 e. The van der Waals surface area contributed by atoms with E-state index in [2.05, 4.69) is 27.5 Å². The van der Waals surface area contributed by atoms with Crippen molar-refractivity contribution < 1.29 is 4.74 Å². The van der Waals surface area contributed by atoms with Crippen LogP contribution in [0.4, 0.5) is 0 Å². The van der Waals surface area contributed by atoms with Crippen LogP contribution in [0.3, 0.4) is 0 Å². The van der Waals surface area contributed by atoms with Crippen molar-refractivity contribution in [2.24, 2.45) is 0 Å². The van der Waals surface area contributed by atoms with Crippen LogP contribution in [0.2, 0.25) is 0 Å². The zero-order chi connectivity index (χ0) is 16.9.